The van der Waals surface area contributed by atoms with Gasteiger partial charge in [-0.15, -0.1) is 0 Å². The molecule has 0 unspecified atom stereocenters. The summed E-state index contributed by atoms with van der Waals surface area (Å²) in [4.78, 5) is 13.9. The molecule has 0 aliphatic rings. The van der Waals surface area contributed by atoms with Gasteiger partial charge in [-0.05, 0) is 39.7 Å². The maximum atomic E-state index is 10.5. The highest BCUT2D eigenvalue weighted by Gasteiger charge is 2.26. The first-order valence-corrected chi connectivity index (χ1v) is 6.48. The van der Waals surface area contributed by atoms with Gasteiger partial charge in [-0.25, -0.2) is 9.79 Å². The number of benzene rings is 1. The van der Waals surface area contributed by atoms with Crippen LogP contribution in [0.2, 0.25) is 0 Å². The van der Waals surface area contributed by atoms with E-state index in [0.717, 1.165) is 16.7 Å². The molecular weight excluding hydrogens is 238 g/mol. The second-order valence-electron chi connectivity index (χ2n) is 6.95. The number of aliphatic imine (C=N–C) groups is 1. The summed E-state index contributed by atoms with van der Waals surface area (Å²) >= 11 is 0. The average Bonchev–Trinajstić information content (AvgIpc) is 2.24. The van der Waals surface area contributed by atoms with Crippen molar-refractivity contribution in [1.29, 1.82) is 0 Å². The molecule has 0 spiro atoms. The Hall–Kier alpha value is -1.60. The van der Waals surface area contributed by atoms with Crippen molar-refractivity contribution in [2.24, 2.45) is 4.99 Å². The summed E-state index contributed by atoms with van der Waals surface area (Å²) in [5, 5.41) is 10.5. The molecule has 0 fully saturated rings. The highest BCUT2D eigenvalue weighted by Crippen LogP contribution is 2.39. The third kappa shape index (κ3) is 3.68. The highest BCUT2D eigenvalue weighted by atomic mass is 16.3. The van der Waals surface area contributed by atoms with Crippen LogP contribution in [-0.4, -0.2) is 11.2 Å². The van der Waals surface area contributed by atoms with E-state index in [-0.39, 0.29) is 10.8 Å². The van der Waals surface area contributed by atoms with Crippen molar-refractivity contribution in [2.45, 2.75) is 58.9 Å². The molecule has 19 heavy (non-hydrogen) atoms. The van der Waals surface area contributed by atoms with E-state index in [1.54, 1.807) is 6.08 Å². The van der Waals surface area contributed by atoms with E-state index >= 15 is 0 Å². The smallest absolute Gasteiger partial charge is 0.235 e. The molecule has 0 aliphatic carbocycles. The zero-order chi connectivity index (χ0) is 14.8. The zero-order valence-corrected chi connectivity index (χ0v) is 12.7. The van der Waals surface area contributed by atoms with E-state index in [1.165, 1.54) is 0 Å². The van der Waals surface area contributed by atoms with Crippen molar-refractivity contribution < 1.29 is 9.90 Å². The Morgan fingerprint density at radius 3 is 1.79 bits per heavy atom. The van der Waals surface area contributed by atoms with Crippen LogP contribution in [0.15, 0.2) is 17.1 Å². The molecule has 0 bridgehead atoms. The zero-order valence-electron chi connectivity index (χ0n) is 12.7. The first-order valence-electron chi connectivity index (χ1n) is 6.48. The molecule has 0 aromatic heterocycles. The van der Waals surface area contributed by atoms with E-state index in [4.69, 9.17) is 0 Å². The first-order chi connectivity index (χ1) is 8.57. The van der Waals surface area contributed by atoms with Crippen LogP contribution in [0.3, 0.4) is 0 Å². The molecule has 1 aromatic rings. The SMILES string of the molecule is CC(C)(C)c1cc(CN=C=O)cc(C(C)(C)C)c1O. The minimum absolute atomic E-state index is 0.162. The molecule has 0 saturated heterocycles. The summed E-state index contributed by atoms with van der Waals surface area (Å²) in [6, 6.07) is 3.84. The van der Waals surface area contributed by atoms with E-state index in [1.807, 2.05) is 12.1 Å². The van der Waals surface area contributed by atoms with Crippen molar-refractivity contribution in [3.8, 4) is 5.75 Å². The average molecular weight is 261 g/mol. The van der Waals surface area contributed by atoms with E-state index in [2.05, 4.69) is 46.5 Å². The first kappa shape index (κ1) is 15.5. The van der Waals surface area contributed by atoms with Gasteiger partial charge in [-0.3, -0.25) is 0 Å². The van der Waals surface area contributed by atoms with Gasteiger partial charge in [-0.1, -0.05) is 41.5 Å². The molecule has 0 amide bonds. The second-order valence-corrected chi connectivity index (χ2v) is 6.95. The monoisotopic (exact) mass is 261 g/mol. The molecule has 3 nitrogen and oxygen atoms in total. The fraction of sp³-hybridized carbons (Fsp3) is 0.562. The van der Waals surface area contributed by atoms with Gasteiger partial charge in [0.1, 0.15) is 5.75 Å². The van der Waals surface area contributed by atoms with Crippen molar-refractivity contribution in [3.05, 3.63) is 28.8 Å². The number of isocyanates is 1. The van der Waals surface area contributed by atoms with Gasteiger partial charge in [0.25, 0.3) is 0 Å². The molecular formula is C16H23NO2. The van der Waals surface area contributed by atoms with Crippen molar-refractivity contribution in [2.75, 3.05) is 0 Å². The quantitative estimate of drug-likeness (QED) is 0.650. The lowest BCUT2D eigenvalue weighted by molar-refractivity contribution is 0.422. The van der Waals surface area contributed by atoms with Gasteiger partial charge in [0.2, 0.25) is 6.08 Å². The van der Waals surface area contributed by atoms with Crippen LogP contribution in [0.5, 0.6) is 5.75 Å². The van der Waals surface area contributed by atoms with Crippen LogP contribution in [0.4, 0.5) is 0 Å². The topological polar surface area (TPSA) is 49.7 Å². The van der Waals surface area contributed by atoms with Gasteiger partial charge in [-0.2, -0.15) is 0 Å². The van der Waals surface area contributed by atoms with Crippen LogP contribution in [-0.2, 0) is 22.2 Å². The highest BCUT2D eigenvalue weighted by molar-refractivity contribution is 5.50. The number of rotatable bonds is 2. The minimum Gasteiger partial charge on any atom is -0.507 e. The third-order valence-electron chi connectivity index (χ3n) is 3.11. The van der Waals surface area contributed by atoms with Crippen LogP contribution >= 0.6 is 0 Å². The molecule has 0 saturated carbocycles. The maximum absolute atomic E-state index is 10.5. The normalized spacial score (nSPS) is 12.1. The molecule has 3 heteroatoms. The fourth-order valence-corrected chi connectivity index (χ4v) is 2.05. The van der Waals surface area contributed by atoms with Crippen molar-refractivity contribution in [3.63, 3.8) is 0 Å². The Kier molecular flexibility index (Phi) is 4.21. The third-order valence-corrected chi connectivity index (χ3v) is 3.11. The van der Waals surface area contributed by atoms with Gasteiger partial charge in [0, 0.05) is 0 Å². The lowest BCUT2D eigenvalue weighted by atomic mass is 9.78. The largest absolute Gasteiger partial charge is 0.507 e. The lowest BCUT2D eigenvalue weighted by Gasteiger charge is -2.28. The number of aromatic hydroxyl groups is 1. The summed E-state index contributed by atoms with van der Waals surface area (Å²) < 4.78 is 0. The minimum atomic E-state index is -0.162. The summed E-state index contributed by atoms with van der Waals surface area (Å²) in [6.45, 7) is 12.6. The lowest BCUT2D eigenvalue weighted by Crippen LogP contribution is -2.17. The Morgan fingerprint density at radius 1 is 1.05 bits per heavy atom. The summed E-state index contributed by atoms with van der Waals surface area (Å²) in [7, 11) is 0. The van der Waals surface area contributed by atoms with Gasteiger partial charge < -0.3 is 5.11 Å². The van der Waals surface area contributed by atoms with Gasteiger partial charge in [0.05, 0.1) is 6.54 Å². The fourth-order valence-electron chi connectivity index (χ4n) is 2.05. The summed E-state index contributed by atoms with van der Waals surface area (Å²) in [5.41, 5.74) is 2.37. The molecule has 104 valence electrons. The van der Waals surface area contributed by atoms with Crippen LogP contribution in [0.25, 0.3) is 0 Å². The molecule has 0 heterocycles. The molecule has 0 aliphatic heterocycles. The van der Waals surface area contributed by atoms with Crippen molar-refractivity contribution >= 4 is 6.08 Å². The molecule has 0 radical (unpaired) electrons. The number of nitrogens with zero attached hydrogens (tertiary/aromatic N) is 1. The van der Waals surface area contributed by atoms with Gasteiger partial charge in [0.15, 0.2) is 0 Å². The van der Waals surface area contributed by atoms with E-state index in [9.17, 15) is 9.90 Å². The predicted octanol–water partition coefficient (Wildman–Crippen LogP) is 3.82. The Labute approximate surface area is 115 Å². The van der Waals surface area contributed by atoms with Crippen LogP contribution < -0.4 is 0 Å². The van der Waals surface area contributed by atoms with Crippen molar-refractivity contribution in [1.82, 2.24) is 0 Å². The Bertz CT molecular complexity index is 478. The van der Waals surface area contributed by atoms with Crippen LogP contribution in [0.1, 0.15) is 58.2 Å². The van der Waals surface area contributed by atoms with E-state index in [0.29, 0.717) is 12.3 Å². The number of phenolic OH excluding ortho intramolecular Hbond substituents is 1. The Morgan fingerprint density at radius 2 is 1.47 bits per heavy atom. The molecule has 0 atom stereocenters. The summed E-state index contributed by atoms with van der Waals surface area (Å²) in [5.74, 6) is 0.346. The number of carbonyl (C=O) groups excluding carboxylic acids is 1. The van der Waals surface area contributed by atoms with Gasteiger partial charge >= 0.3 is 0 Å². The standard InChI is InChI=1S/C16H23NO2/c1-15(2,3)12-7-11(9-17-10-18)8-13(14(12)19)16(4,5)6/h7-8,19H,9H2,1-6H3. The molecule has 1 rings (SSSR count). The molecule has 1 aromatic carbocycles. The second kappa shape index (κ2) is 5.18. The van der Waals surface area contributed by atoms with E-state index < -0.39 is 0 Å². The maximum Gasteiger partial charge on any atom is 0.235 e. The van der Waals surface area contributed by atoms with Crippen LogP contribution in [0, 0.1) is 0 Å². The Balaban J connectivity index is 3.52. The predicted molar refractivity (Wildman–Crippen MR) is 77.3 cm³/mol. The number of hydrogen-bond acceptors (Lipinski definition) is 3. The number of hydrogen-bond donors (Lipinski definition) is 1. The number of phenols is 1. The molecule has 1 N–H and O–H groups in total. The summed E-state index contributed by atoms with van der Waals surface area (Å²) in [6.07, 6.45) is 1.56.